The smallest absolute Gasteiger partial charge is 0.434 e. The zero-order valence-corrected chi connectivity index (χ0v) is 7.99. The predicted octanol–water partition coefficient (Wildman–Crippen LogP) is 0.520. The van der Waals surface area contributed by atoms with Crippen molar-refractivity contribution >= 4 is 11.9 Å². The summed E-state index contributed by atoms with van der Waals surface area (Å²) < 4.78 is 5.67. The van der Waals surface area contributed by atoms with Gasteiger partial charge in [0.05, 0.1) is 13.7 Å². The molecule has 0 saturated carbocycles. The van der Waals surface area contributed by atoms with Crippen LogP contribution < -0.4 is 0 Å². The highest BCUT2D eigenvalue weighted by atomic mass is 16.6. The second-order valence-corrected chi connectivity index (χ2v) is 2.56. The summed E-state index contributed by atoms with van der Waals surface area (Å²) in [6.45, 7) is 0.200. The molecule has 0 N–H and O–H groups in total. The Morgan fingerprint density at radius 2 is 2.53 bits per heavy atom. The molecule has 0 aliphatic heterocycles. The number of carbonyl (C=O) groups excluding carboxylic acids is 1. The van der Waals surface area contributed by atoms with Crippen LogP contribution in [0.2, 0.25) is 0 Å². The lowest BCUT2D eigenvalue weighted by atomic mass is 10.5. The van der Waals surface area contributed by atoms with E-state index in [4.69, 9.17) is 0 Å². The zero-order valence-electron chi connectivity index (χ0n) is 7.99. The molecule has 0 unspecified atom stereocenters. The van der Waals surface area contributed by atoms with E-state index < -0.39 is 10.9 Å². The van der Waals surface area contributed by atoms with Crippen molar-refractivity contribution in [1.82, 2.24) is 9.55 Å². The van der Waals surface area contributed by atoms with Crippen LogP contribution in [0.15, 0.2) is 24.5 Å². The van der Waals surface area contributed by atoms with Gasteiger partial charge in [-0.1, -0.05) is 4.98 Å². The number of rotatable bonds is 4. The highest BCUT2D eigenvalue weighted by Crippen LogP contribution is 2.06. The Morgan fingerprint density at radius 1 is 1.80 bits per heavy atom. The maximum atomic E-state index is 10.7. The summed E-state index contributed by atoms with van der Waals surface area (Å²) in [7, 11) is 1.26. The Bertz CT molecular complexity index is 396. The molecule has 0 aliphatic rings. The molecular weight excluding hydrogens is 202 g/mol. The molecular formula is C8H9N3O4. The Morgan fingerprint density at radius 3 is 3.13 bits per heavy atom. The lowest BCUT2D eigenvalue weighted by Gasteiger charge is -1.96. The molecule has 7 heteroatoms. The first-order valence-electron chi connectivity index (χ1n) is 4.05. The molecule has 80 valence electrons. The first kappa shape index (κ1) is 10.9. The predicted molar refractivity (Wildman–Crippen MR) is 50.0 cm³/mol. The summed E-state index contributed by atoms with van der Waals surface area (Å²) >= 11 is 0. The summed E-state index contributed by atoms with van der Waals surface area (Å²) in [6, 6.07) is 0. The number of nitrogens with zero attached hydrogens (tertiary/aromatic N) is 3. The molecule has 1 heterocycles. The Hall–Kier alpha value is -2.18. The Labute approximate surface area is 85.1 Å². The number of esters is 1. The van der Waals surface area contributed by atoms with Crippen LogP contribution >= 0.6 is 0 Å². The van der Waals surface area contributed by atoms with Crippen LogP contribution in [0.5, 0.6) is 0 Å². The summed E-state index contributed by atoms with van der Waals surface area (Å²) in [5.74, 6) is -0.762. The van der Waals surface area contributed by atoms with E-state index in [9.17, 15) is 14.9 Å². The molecule has 0 bridgehead atoms. The van der Waals surface area contributed by atoms with Crippen LogP contribution in [0.3, 0.4) is 0 Å². The molecule has 0 aromatic carbocycles. The molecule has 7 nitrogen and oxygen atoms in total. The number of hydrogen-bond acceptors (Lipinski definition) is 5. The van der Waals surface area contributed by atoms with Gasteiger partial charge in [0, 0.05) is 6.08 Å². The largest absolute Gasteiger partial charge is 0.466 e. The van der Waals surface area contributed by atoms with Crippen molar-refractivity contribution < 1.29 is 14.5 Å². The van der Waals surface area contributed by atoms with Crippen LogP contribution in [0.4, 0.5) is 5.95 Å². The molecule has 1 aromatic rings. The Balaban J connectivity index is 2.65. The number of aromatic nitrogens is 2. The second kappa shape index (κ2) is 4.89. The van der Waals surface area contributed by atoms with Crippen molar-refractivity contribution in [2.75, 3.05) is 7.11 Å². The van der Waals surface area contributed by atoms with Gasteiger partial charge in [-0.05, 0) is 11.0 Å². The van der Waals surface area contributed by atoms with Gasteiger partial charge in [0.15, 0.2) is 0 Å². The van der Waals surface area contributed by atoms with Crippen molar-refractivity contribution in [2.24, 2.45) is 0 Å². The number of carbonyl (C=O) groups is 1. The molecule has 0 fully saturated rings. The topological polar surface area (TPSA) is 87.3 Å². The number of allylic oxidation sites excluding steroid dienone is 1. The number of imidazole rings is 1. The number of methoxy groups -OCH3 is 1. The van der Waals surface area contributed by atoms with Gasteiger partial charge in [0.2, 0.25) is 0 Å². The molecule has 0 amide bonds. The fourth-order valence-corrected chi connectivity index (χ4v) is 0.946. The first-order valence-corrected chi connectivity index (χ1v) is 4.05. The summed E-state index contributed by atoms with van der Waals surface area (Å²) in [5.41, 5.74) is 0. The first-order chi connectivity index (χ1) is 7.15. The van der Waals surface area contributed by atoms with Crippen LogP contribution in [-0.2, 0) is 16.1 Å². The third-order valence-corrected chi connectivity index (χ3v) is 1.61. The van der Waals surface area contributed by atoms with E-state index in [1.807, 2.05) is 0 Å². The minimum Gasteiger partial charge on any atom is -0.466 e. The van der Waals surface area contributed by atoms with Crippen LogP contribution in [0, 0.1) is 10.1 Å². The molecule has 0 saturated heterocycles. The second-order valence-electron chi connectivity index (χ2n) is 2.56. The van der Waals surface area contributed by atoms with Gasteiger partial charge in [-0.15, -0.1) is 0 Å². The monoisotopic (exact) mass is 211 g/mol. The van der Waals surface area contributed by atoms with Gasteiger partial charge in [0.25, 0.3) is 0 Å². The van der Waals surface area contributed by atoms with E-state index in [0.29, 0.717) is 0 Å². The lowest BCUT2D eigenvalue weighted by molar-refractivity contribution is -0.396. The molecule has 0 aliphatic carbocycles. The number of ether oxygens (including phenoxy) is 1. The van der Waals surface area contributed by atoms with Crippen molar-refractivity contribution in [2.45, 2.75) is 6.54 Å². The SMILES string of the molecule is COC(=O)/C=C\Cn1ccnc1[N+](=O)[O-]. The Kier molecular flexibility index (Phi) is 3.55. The molecule has 0 spiro atoms. The minimum absolute atomic E-state index is 0.200. The van der Waals surface area contributed by atoms with E-state index in [1.54, 1.807) is 0 Å². The fourth-order valence-electron chi connectivity index (χ4n) is 0.946. The minimum atomic E-state index is -0.591. The van der Waals surface area contributed by atoms with E-state index in [2.05, 4.69) is 9.72 Å². The maximum Gasteiger partial charge on any atom is 0.434 e. The third-order valence-electron chi connectivity index (χ3n) is 1.61. The van der Waals surface area contributed by atoms with Gasteiger partial charge >= 0.3 is 11.9 Å². The van der Waals surface area contributed by atoms with E-state index >= 15 is 0 Å². The van der Waals surface area contributed by atoms with E-state index in [1.165, 1.54) is 36.2 Å². The highest BCUT2D eigenvalue weighted by Gasteiger charge is 2.11. The highest BCUT2D eigenvalue weighted by molar-refractivity contribution is 5.81. The standard InChI is InChI=1S/C8H9N3O4/c1-15-7(12)3-2-5-10-6-4-9-8(10)11(13)14/h2-4,6H,5H2,1H3/b3-2-. The average Bonchev–Trinajstić information content (AvgIpc) is 2.65. The van der Waals surface area contributed by atoms with Gasteiger partial charge in [-0.2, -0.15) is 0 Å². The van der Waals surface area contributed by atoms with Crippen molar-refractivity contribution in [3.8, 4) is 0 Å². The quantitative estimate of drug-likeness (QED) is 0.313. The third kappa shape index (κ3) is 2.90. The van der Waals surface area contributed by atoms with Crippen molar-refractivity contribution in [3.05, 3.63) is 34.7 Å². The number of hydrogen-bond donors (Lipinski definition) is 0. The number of nitro groups is 1. The summed E-state index contributed by atoms with van der Waals surface area (Å²) in [5, 5.41) is 10.4. The molecule has 15 heavy (non-hydrogen) atoms. The van der Waals surface area contributed by atoms with Crippen molar-refractivity contribution in [3.63, 3.8) is 0 Å². The van der Waals surface area contributed by atoms with Gasteiger partial charge in [-0.3, -0.25) is 0 Å². The van der Waals surface area contributed by atoms with Gasteiger partial charge < -0.3 is 14.9 Å². The summed E-state index contributed by atoms with van der Waals surface area (Å²) in [6.07, 6.45) is 5.44. The molecule has 1 rings (SSSR count). The fraction of sp³-hybridized carbons (Fsp3) is 0.250. The molecule has 0 radical (unpaired) electrons. The van der Waals surface area contributed by atoms with Crippen LogP contribution in [0.25, 0.3) is 0 Å². The average molecular weight is 211 g/mol. The summed E-state index contributed by atoms with van der Waals surface area (Å²) in [4.78, 5) is 24.1. The normalized spacial score (nSPS) is 10.5. The zero-order chi connectivity index (χ0) is 11.3. The van der Waals surface area contributed by atoms with Crippen LogP contribution in [-0.4, -0.2) is 27.6 Å². The van der Waals surface area contributed by atoms with Crippen molar-refractivity contribution in [1.29, 1.82) is 0 Å². The lowest BCUT2D eigenvalue weighted by Crippen LogP contribution is -2.02. The van der Waals surface area contributed by atoms with Crippen LogP contribution in [0.1, 0.15) is 0 Å². The maximum absolute atomic E-state index is 10.7. The van der Waals surface area contributed by atoms with Gasteiger partial charge in [-0.25, -0.2) is 9.36 Å². The molecule has 0 atom stereocenters. The van der Waals surface area contributed by atoms with E-state index in [0.717, 1.165) is 0 Å². The van der Waals surface area contributed by atoms with Gasteiger partial charge in [0.1, 0.15) is 12.4 Å². The molecule has 1 aromatic heterocycles. The van der Waals surface area contributed by atoms with E-state index in [-0.39, 0.29) is 12.5 Å².